The molecule has 0 aliphatic carbocycles. The Morgan fingerprint density at radius 2 is 1.10 bits per heavy atom. The molecule has 5 aromatic carbocycles. The van der Waals surface area contributed by atoms with E-state index in [1.54, 1.807) is 30.3 Å². The minimum atomic E-state index is -4.87. The molecule has 0 saturated heterocycles. The molecule has 0 bridgehead atoms. The molecule has 0 aliphatic heterocycles. The monoisotopic (exact) mass is 942 g/mol. The van der Waals surface area contributed by atoms with Crippen LogP contribution in [0, 0.1) is 6.92 Å². The molecule has 0 atom stereocenters. The van der Waals surface area contributed by atoms with Crippen molar-refractivity contribution in [3.63, 3.8) is 0 Å². The Bertz CT molecular complexity index is 3110. The van der Waals surface area contributed by atoms with Gasteiger partial charge in [0.25, 0.3) is 26.1 Å². The standard InChI is InChI=1S/C46H46N12O7S2/c1-30-12-15-35(16-13-30)42(59)48-24-25-50-44-56-45(51-36-10-6-3-7-11-36)58-46(57-44)52-37-21-20-34(39(29-37)67(63,64)65)19-18-33-17-14-32(26-38(33)66(60,61)62)28-41-53-40(27-31-8-4-2-5-9-31)54-43(55-41)49-23-22-47/h2-21,26,29H,22-25,27-28,47H2,1H3,(H,48,59)(H,60,61,62)(H,63,64,65)(H,49,53,54,55)(H3,50,51,52,56,57,58)/b19-18+. The number of hydrogen-bond acceptors (Lipinski definition) is 16. The van der Waals surface area contributed by atoms with E-state index in [-0.39, 0.29) is 60.1 Å². The molecule has 344 valence electrons. The molecule has 19 nitrogen and oxygen atoms in total. The third-order valence-electron chi connectivity index (χ3n) is 9.74. The zero-order valence-electron chi connectivity index (χ0n) is 36.0. The van der Waals surface area contributed by atoms with Crippen LogP contribution in [0.2, 0.25) is 0 Å². The second-order valence-electron chi connectivity index (χ2n) is 14.9. The van der Waals surface area contributed by atoms with Crippen LogP contribution in [0.15, 0.2) is 131 Å². The van der Waals surface area contributed by atoms with Crippen LogP contribution in [-0.2, 0) is 33.1 Å². The van der Waals surface area contributed by atoms with Gasteiger partial charge < -0.3 is 32.3 Å². The number of aryl methyl sites for hydroxylation is 1. The number of carbonyl (C=O) groups is 1. The average Bonchev–Trinajstić information content (AvgIpc) is 3.29. The number of anilines is 6. The average molecular weight is 943 g/mol. The van der Waals surface area contributed by atoms with E-state index in [1.807, 2.05) is 67.6 Å². The fourth-order valence-electron chi connectivity index (χ4n) is 6.56. The van der Waals surface area contributed by atoms with Gasteiger partial charge in [-0.3, -0.25) is 13.9 Å². The molecule has 0 radical (unpaired) electrons. The van der Waals surface area contributed by atoms with Crippen molar-refractivity contribution < 1.29 is 30.7 Å². The van der Waals surface area contributed by atoms with Gasteiger partial charge in [-0.2, -0.15) is 41.8 Å². The van der Waals surface area contributed by atoms with Gasteiger partial charge in [-0.15, -0.1) is 0 Å². The maximum Gasteiger partial charge on any atom is 0.295 e. The number of carbonyl (C=O) groups excluding carboxylic acids is 1. The number of nitrogens with one attached hydrogen (secondary N) is 5. The number of rotatable bonds is 20. The highest BCUT2D eigenvalue weighted by Gasteiger charge is 2.19. The Hall–Kier alpha value is -7.69. The maximum atomic E-state index is 12.8. The topological polar surface area (TPSA) is 289 Å². The van der Waals surface area contributed by atoms with Crippen molar-refractivity contribution in [1.29, 1.82) is 0 Å². The lowest BCUT2D eigenvalue weighted by atomic mass is 10.1. The molecule has 7 rings (SSSR count). The molecule has 0 aliphatic rings. The minimum Gasteiger partial charge on any atom is -0.353 e. The van der Waals surface area contributed by atoms with Gasteiger partial charge in [-0.1, -0.05) is 96.6 Å². The number of nitrogens with zero attached hydrogens (tertiary/aromatic N) is 6. The quantitative estimate of drug-likeness (QED) is 0.0250. The molecule has 0 unspecified atom stereocenters. The van der Waals surface area contributed by atoms with Gasteiger partial charge in [0.05, 0.1) is 0 Å². The van der Waals surface area contributed by atoms with Crippen molar-refractivity contribution in [3.05, 3.63) is 166 Å². The van der Waals surface area contributed by atoms with Gasteiger partial charge in [-0.25, -0.2) is 4.98 Å². The molecule has 9 N–H and O–H groups in total. The summed E-state index contributed by atoms with van der Waals surface area (Å²) in [5.41, 5.74) is 9.50. The van der Waals surface area contributed by atoms with E-state index in [0.717, 1.165) is 17.2 Å². The first kappa shape index (κ1) is 47.3. The highest BCUT2D eigenvalue weighted by Crippen LogP contribution is 2.27. The van der Waals surface area contributed by atoms with E-state index >= 15 is 0 Å². The minimum absolute atomic E-state index is 0.00489. The van der Waals surface area contributed by atoms with Gasteiger partial charge in [0.15, 0.2) is 0 Å². The lowest BCUT2D eigenvalue weighted by Gasteiger charge is -2.13. The maximum absolute atomic E-state index is 12.8. The van der Waals surface area contributed by atoms with Crippen LogP contribution in [0.1, 0.15) is 49.8 Å². The Kier molecular flexibility index (Phi) is 15.2. The third kappa shape index (κ3) is 13.7. The normalized spacial score (nSPS) is 11.6. The Balaban J connectivity index is 1.11. The highest BCUT2D eigenvalue weighted by molar-refractivity contribution is 7.86. The predicted octanol–water partition coefficient (Wildman–Crippen LogP) is 5.91. The number of amides is 1. The fourth-order valence-corrected chi connectivity index (χ4v) is 8.00. The number of aromatic nitrogens is 6. The highest BCUT2D eigenvalue weighted by atomic mass is 32.2. The van der Waals surface area contributed by atoms with Crippen LogP contribution in [0.3, 0.4) is 0 Å². The van der Waals surface area contributed by atoms with Gasteiger partial charge in [0.2, 0.25) is 23.8 Å². The number of para-hydroxylation sites is 1. The van der Waals surface area contributed by atoms with E-state index in [4.69, 9.17) is 5.73 Å². The number of hydrogen-bond donors (Lipinski definition) is 8. The van der Waals surface area contributed by atoms with Crippen molar-refractivity contribution in [2.75, 3.05) is 47.4 Å². The summed E-state index contributed by atoms with van der Waals surface area (Å²) in [4.78, 5) is 38.5. The smallest absolute Gasteiger partial charge is 0.295 e. The summed E-state index contributed by atoms with van der Waals surface area (Å²) in [6, 6.07) is 34.3. The van der Waals surface area contributed by atoms with E-state index < -0.39 is 30.0 Å². The first-order valence-electron chi connectivity index (χ1n) is 20.7. The lowest BCUT2D eigenvalue weighted by molar-refractivity contribution is 0.0955. The van der Waals surface area contributed by atoms with Gasteiger partial charge >= 0.3 is 0 Å². The van der Waals surface area contributed by atoms with E-state index in [2.05, 4.69) is 56.5 Å². The molecule has 0 spiro atoms. The first-order valence-corrected chi connectivity index (χ1v) is 23.6. The largest absolute Gasteiger partial charge is 0.353 e. The Morgan fingerprint density at radius 3 is 1.73 bits per heavy atom. The molecule has 1 amide bonds. The molecule has 2 aromatic heterocycles. The summed E-state index contributed by atoms with van der Waals surface area (Å²) >= 11 is 0. The number of benzene rings is 5. The van der Waals surface area contributed by atoms with Crippen LogP contribution in [-0.4, -0.2) is 87.9 Å². The van der Waals surface area contributed by atoms with E-state index in [9.17, 15) is 30.7 Å². The van der Waals surface area contributed by atoms with Gasteiger partial charge in [-0.05, 0) is 71.6 Å². The summed E-state index contributed by atoms with van der Waals surface area (Å²) in [6.45, 7) is 3.15. The van der Waals surface area contributed by atoms with E-state index in [0.29, 0.717) is 53.9 Å². The van der Waals surface area contributed by atoms with Crippen LogP contribution >= 0.6 is 0 Å². The molecule has 7 aromatic rings. The zero-order chi connectivity index (χ0) is 47.4. The summed E-state index contributed by atoms with van der Waals surface area (Å²) in [5, 5.41) is 15.0. The summed E-state index contributed by atoms with van der Waals surface area (Å²) in [6.07, 6.45) is 3.08. The molecule has 21 heteroatoms. The van der Waals surface area contributed by atoms with Crippen molar-refractivity contribution in [2.45, 2.75) is 29.6 Å². The first-order chi connectivity index (χ1) is 32.2. The van der Waals surface area contributed by atoms with Crippen molar-refractivity contribution in [3.8, 4) is 0 Å². The SMILES string of the molecule is Cc1ccc(C(=O)NCCNc2nc(Nc3ccccc3)nc(Nc3ccc(/C=C/c4ccc(Cc5nc(Cc6ccccc6)nc(NCCN)n5)cc4S(=O)(=O)O)c(S(=O)(=O)O)c3)n2)cc1. The van der Waals surface area contributed by atoms with Crippen LogP contribution in [0.25, 0.3) is 12.2 Å². The molecular formula is C46H46N12O7S2. The van der Waals surface area contributed by atoms with Gasteiger partial charge in [0.1, 0.15) is 21.4 Å². The molecule has 2 heterocycles. The summed E-state index contributed by atoms with van der Waals surface area (Å²) < 4.78 is 71.7. The Morgan fingerprint density at radius 1 is 0.567 bits per heavy atom. The molecule has 0 fully saturated rings. The predicted molar refractivity (Wildman–Crippen MR) is 256 cm³/mol. The fraction of sp³-hybridized carbons (Fsp3) is 0.152. The second-order valence-corrected chi connectivity index (χ2v) is 17.7. The zero-order valence-corrected chi connectivity index (χ0v) is 37.6. The van der Waals surface area contributed by atoms with Crippen LogP contribution < -0.4 is 32.3 Å². The summed E-state index contributed by atoms with van der Waals surface area (Å²) in [7, 11) is -9.68. The van der Waals surface area contributed by atoms with Crippen molar-refractivity contribution >= 4 is 73.5 Å². The third-order valence-corrected chi connectivity index (χ3v) is 11.6. The molecular weight excluding hydrogens is 897 g/mol. The molecule has 0 saturated carbocycles. The summed E-state index contributed by atoms with van der Waals surface area (Å²) in [5.74, 6) is 1.13. The second kappa shape index (κ2) is 21.5. The van der Waals surface area contributed by atoms with Gasteiger partial charge in [0, 0.05) is 56.0 Å². The van der Waals surface area contributed by atoms with Crippen molar-refractivity contribution in [2.24, 2.45) is 5.73 Å². The van der Waals surface area contributed by atoms with Crippen LogP contribution in [0.5, 0.6) is 0 Å². The van der Waals surface area contributed by atoms with Crippen molar-refractivity contribution in [1.82, 2.24) is 35.2 Å². The lowest BCUT2D eigenvalue weighted by Crippen LogP contribution is -2.29. The number of nitrogens with two attached hydrogens (primary N) is 1. The Labute approximate surface area is 387 Å². The molecule has 67 heavy (non-hydrogen) atoms. The van der Waals surface area contributed by atoms with E-state index in [1.165, 1.54) is 36.4 Å². The van der Waals surface area contributed by atoms with Crippen LogP contribution in [0.4, 0.5) is 35.2 Å².